The average Bonchev–Trinajstić information content (AvgIpc) is 2.71. The Bertz CT molecular complexity index is 1060. The highest BCUT2D eigenvalue weighted by Crippen LogP contribution is 2.16. The molecule has 0 saturated carbocycles. The Labute approximate surface area is 180 Å². The lowest BCUT2D eigenvalue weighted by atomic mass is 10.0. The zero-order valence-electron chi connectivity index (χ0n) is 17.6. The number of rotatable bonds is 8. The second kappa shape index (κ2) is 10.2. The lowest BCUT2D eigenvalue weighted by Crippen LogP contribution is -2.50. The maximum Gasteiger partial charge on any atom is 0.242 e. The summed E-state index contributed by atoms with van der Waals surface area (Å²) in [6, 6.07) is 16.3. The standard InChI is InChI=1S/C25H26F2N2O2/c1-16(2)24(25(31)28-10-9-18-12-21(26)15-22(27)13-18)29-23(30)14-17-7-8-19-5-3-4-6-20(19)11-17/h3-8,11-13,15-16,24H,9-10,14H2,1-2H3,(H,28,31)(H,29,30). The zero-order valence-corrected chi connectivity index (χ0v) is 17.6. The van der Waals surface area contributed by atoms with E-state index in [0.29, 0.717) is 5.56 Å². The van der Waals surface area contributed by atoms with Crippen LogP contribution in [-0.2, 0) is 22.4 Å². The number of hydrogen-bond donors (Lipinski definition) is 2. The van der Waals surface area contributed by atoms with Gasteiger partial charge in [0.15, 0.2) is 0 Å². The summed E-state index contributed by atoms with van der Waals surface area (Å²) < 4.78 is 26.6. The van der Waals surface area contributed by atoms with Crippen LogP contribution in [0.1, 0.15) is 25.0 Å². The largest absolute Gasteiger partial charge is 0.354 e. The third-order valence-electron chi connectivity index (χ3n) is 5.08. The van der Waals surface area contributed by atoms with E-state index in [1.807, 2.05) is 56.3 Å². The minimum Gasteiger partial charge on any atom is -0.354 e. The fraction of sp³-hybridized carbons (Fsp3) is 0.280. The number of carbonyl (C=O) groups excluding carboxylic acids is 2. The number of amides is 2. The molecule has 0 aliphatic carbocycles. The fourth-order valence-corrected chi connectivity index (χ4v) is 3.49. The first kappa shape index (κ1) is 22.4. The van der Waals surface area contributed by atoms with Crippen LogP contribution in [-0.4, -0.2) is 24.4 Å². The van der Waals surface area contributed by atoms with Gasteiger partial charge in [0, 0.05) is 12.6 Å². The van der Waals surface area contributed by atoms with Crippen molar-refractivity contribution in [2.75, 3.05) is 6.54 Å². The summed E-state index contributed by atoms with van der Waals surface area (Å²) in [7, 11) is 0. The van der Waals surface area contributed by atoms with Crippen molar-refractivity contribution in [3.8, 4) is 0 Å². The van der Waals surface area contributed by atoms with Crippen molar-refractivity contribution < 1.29 is 18.4 Å². The summed E-state index contributed by atoms with van der Waals surface area (Å²) in [5.74, 6) is -1.98. The molecular weight excluding hydrogens is 398 g/mol. The highest BCUT2D eigenvalue weighted by atomic mass is 19.1. The molecule has 0 radical (unpaired) electrons. The lowest BCUT2D eigenvalue weighted by molar-refractivity contribution is -0.129. The van der Waals surface area contributed by atoms with Crippen LogP contribution in [0.3, 0.4) is 0 Å². The summed E-state index contributed by atoms with van der Waals surface area (Å²) in [6.07, 6.45) is 0.459. The molecule has 1 unspecified atom stereocenters. The Morgan fingerprint density at radius 3 is 2.23 bits per heavy atom. The highest BCUT2D eigenvalue weighted by Gasteiger charge is 2.24. The van der Waals surface area contributed by atoms with Crippen LogP contribution in [0.2, 0.25) is 0 Å². The van der Waals surface area contributed by atoms with Gasteiger partial charge in [0.05, 0.1) is 6.42 Å². The van der Waals surface area contributed by atoms with E-state index < -0.39 is 17.7 Å². The smallest absolute Gasteiger partial charge is 0.242 e. The molecule has 0 fully saturated rings. The van der Waals surface area contributed by atoms with Gasteiger partial charge in [-0.15, -0.1) is 0 Å². The SMILES string of the molecule is CC(C)C(NC(=O)Cc1ccc2ccccc2c1)C(=O)NCCc1cc(F)cc(F)c1. The van der Waals surface area contributed by atoms with E-state index in [2.05, 4.69) is 10.6 Å². The van der Waals surface area contributed by atoms with Gasteiger partial charge >= 0.3 is 0 Å². The number of carbonyl (C=O) groups is 2. The summed E-state index contributed by atoms with van der Waals surface area (Å²) in [6.45, 7) is 3.91. The first-order valence-corrected chi connectivity index (χ1v) is 10.3. The molecular formula is C25H26F2N2O2. The van der Waals surface area contributed by atoms with Gasteiger partial charge in [0.1, 0.15) is 17.7 Å². The minimum atomic E-state index is -0.697. The predicted octanol–water partition coefficient (Wildman–Crippen LogP) is 4.16. The number of benzene rings is 3. The molecule has 2 amide bonds. The maximum atomic E-state index is 13.3. The van der Waals surface area contributed by atoms with Crippen molar-refractivity contribution in [1.82, 2.24) is 10.6 Å². The van der Waals surface area contributed by atoms with Crippen LogP contribution in [0, 0.1) is 17.6 Å². The van der Waals surface area contributed by atoms with Crippen LogP contribution in [0.25, 0.3) is 10.8 Å². The lowest BCUT2D eigenvalue weighted by Gasteiger charge is -2.22. The second-order valence-corrected chi connectivity index (χ2v) is 7.97. The Balaban J connectivity index is 1.56. The van der Waals surface area contributed by atoms with E-state index in [1.165, 1.54) is 12.1 Å². The van der Waals surface area contributed by atoms with Crippen molar-refractivity contribution in [1.29, 1.82) is 0 Å². The Hall–Kier alpha value is -3.28. The number of fused-ring (bicyclic) bond motifs is 1. The quantitative estimate of drug-likeness (QED) is 0.571. The molecule has 6 heteroatoms. The highest BCUT2D eigenvalue weighted by molar-refractivity contribution is 5.89. The van der Waals surface area contributed by atoms with Crippen molar-refractivity contribution in [3.05, 3.63) is 83.4 Å². The summed E-state index contributed by atoms with van der Waals surface area (Å²) in [5.41, 5.74) is 1.33. The van der Waals surface area contributed by atoms with Gasteiger partial charge < -0.3 is 10.6 Å². The molecule has 4 nitrogen and oxygen atoms in total. The molecule has 0 aliphatic rings. The van der Waals surface area contributed by atoms with E-state index in [9.17, 15) is 18.4 Å². The summed E-state index contributed by atoms with van der Waals surface area (Å²) in [5, 5.41) is 7.71. The summed E-state index contributed by atoms with van der Waals surface area (Å²) >= 11 is 0. The van der Waals surface area contributed by atoms with Crippen LogP contribution in [0.4, 0.5) is 8.78 Å². The van der Waals surface area contributed by atoms with Gasteiger partial charge in [0.25, 0.3) is 0 Å². The third kappa shape index (κ3) is 6.35. The van der Waals surface area contributed by atoms with E-state index in [-0.39, 0.29) is 37.1 Å². The van der Waals surface area contributed by atoms with Crippen molar-refractivity contribution >= 4 is 22.6 Å². The molecule has 0 aromatic heterocycles. The Morgan fingerprint density at radius 1 is 0.871 bits per heavy atom. The van der Waals surface area contributed by atoms with E-state index in [4.69, 9.17) is 0 Å². The number of nitrogens with one attached hydrogen (secondary N) is 2. The molecule has 0 saturated heterocycles. The minimum absolute atomic E-state index is 0.118. The number of hydrogen-bond acceptors (Lipinski definition) is 2. The second-order valence-electron chi connectivity index (χ2n) is 7.97. The normalized spacial score (nSPS) is 12.0. The van der Waals surface area contributed by atoms with Crippen molar-refractivity contribution in [2.24, 2.45) is 5.92 Å². The van der Waals surface area contributed by atoms with Gasteiger partial charge in [-0.1, -0.05) is 56.3 Å². The van der Waals surface area contributed by atoms with E-state index >= 15 is 0 Å². The molecule has 2 N–H and O–H groups in total. The molecule has 3 aromatic carbocycles. The zero-order chi connectivity index (χ0) is 22.4. The predicted molar refractivity (Wildman–Crippen MR) is 117 cm³/mol. The van der Waals surface area contributed by atoms with Gasteiger partial charge in [-0.3, -0.25) is 9.59 Å². The molecule has 31 heavy (non-hydrogen) atoms. The molecule has 0 spiro atoms. The van der Waals surface area contributed by atoms with Gasteiger partial charge in [0.2, 0.25) is 11.8 Å². The molecule has 1 atom stereocenters. The van der Waals surface area contributed by atoms with Crippen LogP contribution < -0.4 is 10.6 Å². The first-order chi connectivity index (χ1) is 14.8. The van der Waals surface area contributed by atoms with Crippen LogP contribution in [0.5, 0.6) is 0 Å². The van der Waals surface area contributed by atoms with E-state index in [1.54, 1.807) is 0 Å². The molecule has 0 heterocycles. The molecule has 3 aromatic rings. The molecule has 0 aliphatic heterocycles. The van der Waals surface area contributed by atoms with Gasteiger partial charge in [-0.05, 0) is 46.4 Å². The Morgan fingerprint density at radius 2 is 1.55 bits per heavy atom. The molecule has 3 rings (SSSR count). The van der Waals surface area contributed by atoms with Crippen molar-refractivity contribution in [3.63, 3.8) is 0 Å². The first-order valence-electron chi connectivity index (χ1n) is 10.3. The third-order valence-corrected chi connectivity index (χ3v) is 5.08. The summed E-state index contributed by atoms with van der Waals surface area (Å²) in [4.78, 5) is 25.2. The van der Waals surface area contributed by atoms with Crippen LogP contribution in [0.15, 0.2) is 60.7 Å². The number of halogens is 2. The topological polar surface area (TPSA) is 58.2 Å². The average molecular weight is 424 g/mol. The molecule has 162 valence electrons. The van der Waals surface area contributed by atoms with Gasteiger partial charge in [-0.25, -0.2) is 8.78 Å². The molecule has 0 bridgehead atoms. The van der Waals surface area contributed by atoms with Crippen LogP contribution >= 0.6 is 0 Å². The maximum absolute atomic E-state index is 13.3. The monoisotopic (exact) mass is 424 g/mol. The van der Waals surface area contributed by atoms with Gasteiger partial charge in [-0.2, -0.15) is 0 Å². The van der Waals surface area contributed by atoms with E-state index in [0.717, 1.165) is 22.4 Å². The van der Waals surface area contributed by atoms with Crippen molar-refractivity contribution in [2.45, 2.75) is 32.7 Å². The Kier molecular flexibility index (Phi) is 7.34. The fourth-order valence-electron chi connectivity index (χ4n) is 3.49.